The molecule has 0 unspecified atom stereocenters. The lowest BCUT2D eigenvalue weighted by Crippen LogP contribution is -2.47. The molecule has 1 aliphatic rings. The minimum Gasteiger partial charge on any atom is -0.497 e. The quantitative estimate of drug-likeness (QED) is 0.744. The van der Waals surface area contributed by atoms with Gasteiger partial charge in [0.15, 0.2) is 5.78 Å². The minimum absolute atomic E-state index is 0.0967. The van der Waals surface area contributed by atoms with Crippen LogP contribution in [0.5, 0.6) is 11.5 Å². The summed E-state index contributed by atoms with van der Waals surface area (Å²) in [4.78, 5) is 17.1. The predicted octanol–water partition coefficient (Wildman–Crippen LogP) is 1.52. The SMILES string of the molecule is CCN1CCN(CC(=O)c2ccc(OC)cc2OC)CC1. The molecule has 116 valence electrons. The molecule has 0 spiro atoms. The Bertz CT molecular complexity index is 482. The zero-order valence-corrected chi connectivity index (χ0v) is 13.1. The van der Waals surface area contributed by atoms with Crippen molar-refractivity contribution in [3.05, 3.63) is 23.8 Å². The van der Waals surface area contributed by atoms with E-state index in [1.807, 2.05) is 0 Å². The highest BCUT2D eigenvalue weighted by molar-refractivity contribution is 6.00. The van der Waals surface area contributed by atoms with E-state index in [0.717, 1.165) is 32.7 Å². The van der Waals surface area contributed by atoms with Crippen molar-refractivity contribution in [2.75, 3.05) is 53.5 Å². The number of benzene rings is 1. The van der Waals surface area contributed by atoms with Gasteiger partial charge in [-0.3, -0.25) is 9.69 Å². The van der Waals surface area contributed by atoms with E-state index < -0.39 is 0 Å². The van der Waals surface area contributed by atoms with Crippen molar-refractivity contribution in [2.45, 2.75) is 6.92 Å². The number of carbonyl (C=O) groups excluding carboxylic acids is 1. The Morgan fingerprint density at radius 2 is 1.76 bits per heavy atom. The zero-order valence-electron chi connectivity index (χ0n) is 13.1. The predicted molar refractivity (Wildman–Crippen MR) is 82.4 cm³/mol. The normalized spacial score (nSPS) is 16.7. The summed E-state index contributed by atoms with van der Waals surface area (Å²) >= 11 is 0. The van der Waals surface area contributed by atoms with Crippen molar-refractivity contribution in [3.8, 4) is 11.5 Å². The Morgan fingerprint density at radius 1 is 1.10 bits per heavy atom. The fourth-order valence-corrected chi connectivity index (χ4v) is 2.58. The van der Waals surface area contributed by atoms with Gasteiger partial charge >= 0.3 is 0 Å². The van der Waals surface area contributed by atoms with Gasteiger partial charge in [-0.15, -0.1) is 0 Å². The van der Waals surface area contributed by atoms with Crippen LogP contribution in [0.4, 0.5) is 0 Å². The van der Waals surface area contributed by atoms with Crippen LogP contribution in [-0.4, -0.2) is 69.1 Å². The maximum atomic E-state index is 12.5. The summed E-state index contributed by atoms with van der Waals surface area (Å²) in [6.07, 6.45) is 0. The molecule has 2 rings (SSSR count). The van der Waals surface area contributed by atoms with Gasteiger partial charge in [0, 0.05) is 32.2 Å². The molecular formula is C16H24N2O3. The number of hydrogen-bond acceptors (Lipinski definition) is 5. The second-order valence-corrected chi connectivity index (χ2v) is 5.20. The van der Waals surface area contributed by atoms with E-state index in [0.29, 0.717) is 23.6 Å². The smallest absolute Gasteiger partial charge is 0.180 e. The molecule has 1 aromatic carbocycles. The highest BCUT2D eigenvalue weighted by Gasteiger charge is 2.20. The molecule has 1 fully saturated rings. The van der Waals surface area contributed by atoms with Crippen molar-refractivity contribution >= 4 is 5.78 Å². The first-order chi connectivity index (χ1) is 10.2. The van der Waals surface area contributed by atoms with Gasteiger partial charge in [0.2, 0.25) is 0 Å². The number of rotatable bonds is 6. The molecule has 1 heterocycles. The largest absolute Gasteiger partial charge is 0.497 e. The number of carbonyl (C=O) groups is 1. The number of hydrogen-bond donors (Lipinski definition) is 0. The Balaban J connectivity index is 2.00. The first kappa shape index (κ1) is 15.8. The van der Waals surface area contributed by atoms with E-state index in [1.54, 1.807) is 32.4 Å². The lowest BCUT2D eigenvalue weighted by Gasteiger charge is -2.33. The van der Waals surface area contributed by atoms with Crippen molar-refractivity contribution in [2.24, 2.45) is 0 Å². The molecule has 5 heteroatoms. The van der Waals surface area contributed by atoms with Crippen LogP contribution < -0.4 is 9.47 Å². The molecule has 5 nitrogen and oxygen atoms in total. The van der Waals surface area contributed by atoms with Gasteiger partial charge in [0.05, 0.1) is 26.3 Å². The Labute approximate surface area is 126 Å². The molecule has 0 bridgehead atoms. The number of nitrogens with zero attached hydrogens (tertiary/aromatic N) is 2. The van der Waals surface area contributed by atoms with Crippen molar-refractivity contribution < 1.29 is 14.3 Å². The van der Waals surface area contributed by atoms with Crippen LogP contribution in [0.2, 0.25) is 0 Å². The van der Waals surface area contributed by atoms with Crippen LogP contribution in [0.15, 0.2) is 18.2 Å². The van der Waals surface area contributed by atoms with Crippen LogP contribution in [0, 0.1) is 0 Å². The molecule has 0 radical (unpaired) electrons. The number of piperazine rings is 1. The summed E-state index contributed by atoms with van der Waals surface area (Å²) in [5.41, 5.74) is 0.622. The first-order valence-corrected chi connectivity index (χ1v) is 7.37. The van der Waals surface area contributed by atoms with E-state index in [-0.39, 0.29) is 5.78 Å². The zero-order chi connectivity index (χ0) is 15.2. The van der Waals surface area contributed by atoms with E-state index in [2.05, 4.69) is 16.7 Å². The van der Waals surface area contributed by atoms with E-state index >= 15 is 0 Å². The monoisotopic (exact) mass is 292 g/mol. The average molecular weight is 292 g/mol. The van der Waals surface area contributed by atoms with Crippen LogP contribution in [0.25, 0.3) is 0 Å². The standard InChI is InChI=1S/C16H24N2O3/c1-4-17-7-9-18(10-8-17)12-15(19)14-6-5-13(20-2)11-16(14)21-3/h5-6,11H,4,7-10,12H2,1-3H3. The lowest BCUT2D eigenvalue weighted by atomic mass is 10.1. The average Bonchev–Trinajstić information content (AvgIpc) is 2.54. The lowest BCUT2D eigenvalue weighted by molar-refractivity contribution is 0.0856. The molecule has 1 saturated heterocycles. The van der Waals surface area contributed by atoms with Crippen molar-refractivity contribution in [1.82, 2.24) is 9.80 Å². The molecule has 1 aromatic rings. The van der Waals surface area contributed by atoms with E-state index in [9.17, 15) is 4.79 Å². The van der Waals surface area contributed by atoms with Gasteiger partial charge in [-0.1, -0.05) is 6.92 Å². The van der Waals surface area contributed by atoms with Gasteiger partial charge in [0.1, 0.15) is 11.5 Å². The molecule has 0 amide bonds. The van der Waals surface area contributed by atoms with Crippen molar-refractivity contribution in [3.63, 3.8) is 0 Å². The summed E-state index contributed by atoms with van der Waals surface area (Å²) < 4.78 is 10.5. The van der Waals surface area contributed by atoms with Crippen LogP contribution in [0.3, 0.4) is 0 Å². The van der Waals surface area contributed by atoms with E-state index in [4.69, 9.17) is 9.47 Å². The minimum atomic E-state index is 0.0967. The number of ketones is 1. The fourth-order valence-electron chi connectivity index (χ4n) is 2.58. The molecule has 0 aliphatic carbocycles. The molecule has 0 N–H and O–H groups in total. The van der Waals surface area contributed by atoms with Crippen LogP contribution in [-0.2, 0) is 0 Å². The first-order valence-electron chi connectivity index (χ1n) is 7.37. The van der Waals surface area contributed by atoms with Gasteiger partial charge < -0.3 is 14.4 Å². The summed E-state index contributed by atoms with van der Waals surface area (Å²) in [7, 11) is 3.18. The van der Waals surface area contributed by atoms with Crippen LogP contribution in [0.1, 0.15) is 17.3 Å². The number of likely N-dealkylation sites (N-methyl/N-ethyl adjacent to an activating group) is 1. The third-order valence-corrected chi connectivity index (χ3v) is 3.99. The molecular weight excluding hydrogens is 268 g/mol. The van der Waals surface area contributed by atoms with Crippen molar-refractivity contribution in [1.29, 1.82) is 0 Å². The fraction of sp³-hybridized carbons (Fsp3) is 0.562. The summed E-state index contributed by atoms with van der Waals surface area (Å²) in [5.74, 6) is 1.37. The summed E-state index contributed by atoms with van der Waals surface area (Å²) in [6, 6.07) is 5.33. The van der Waals surface area contributed by atoms with E-state index in [1.165, 1.54) is 0 Å². The maximum absolute atomic E-state index is 12.5. The third kappa shape index (κ3) is 3.95. The number of Topliss-reactive ketones (excluding diaryl/α,β-unsaturated/α-hetero) is 1. The molecule has 0 atom stereocenters. The summed E-state index contributed by atoms with van der Waals surface area (Å²) in [6.45, 7) is 7.64. The van der Waals surface area contributed by atoms with Gasteiger partial charge in [0.25, 0.3) is 0 Å². The second-order valence-electron chi connectivity index (χ2n) is 5.20. The Morgan fingerprint density at radius 3 is 2.33 bits per heavy atom. The molecule has 21 heavy (non-hydrogen) atoms. The topological polar surface area (TPSA) is 42.0 Å². The third-order valence-electron chi connectivity index (χ3n) is 3.99. The summed E-state index contributed by atoms with van der Waals surface area (Å²) in [5, 5.41) is 0. The van der Waals surface area contributed by atoms with Gasteiger partial charge in [-0.05, 0) is 18.7 Å². The number of ether oxygens (including phenoxy) is 2. The Hall–Kier alpha value is -1.59. The second kappa shape index (κ2) is 7.43. The Kier molecular flexibility index (Phi) is 5.59. The van der Waals surface area contributed by atoms with Gasteiger partial charge in [-0.2, -0.15) is 0 Å². The maximum Gasteiger partial charge on any atom is 0.180 e. The highest BCUT2D eigenvalue weighted by Crippen LogP contribution is 2.25. The molecule has 1 aliphatic heterocycles. The number of methoxy groups -OCH3 is 2. The van der Waals surface area contributed by atoms with Gasteiger partial charge in [-0.25, -0.2) is 0 Å². The molecule has 0 saturated carbocycles. The highest BCUT2D eigenvalue weighted by atomic mass is 16.5. The molecule has 0 aromatic heterocycles. The van der Waals surface area contributed by atoms with Crippen LogP contribution >= 0.6 is 0 Å².